The third-order valence-electron chi connectivity index (χ3n) is 6.56. The predicted molar refractivity (Wildman–Crippen MR) is 132 cm³/mol. The van der Waals surface area contributed by atoms with E-state index in [0.29, 0.717) is 24.5 Å². The Morgan fingerprint density at radius 3 is 2.56 bits per heavy atom. The van der Waals surface area contributed by atoms with E-state index in [0.717, 1.165) is 16.6 Å². The molecular formula is C26H26FN5O4. The molecule has 9 nitrogen and oxygen atoms in total. The van der Waals surface area contributed by atoms with Crippen molar-refractivity contribution in [2.24, 2.45) is 11.8 Å². The number of aromatic nitrogens is 4. The molecule has 0 bridgehead atoms. The second-order valence-electron chi connectivity index (χ2n) is 9.25. The fourth-order valence-electron chi connectivity index (χ4n) is 4.49. The largest absolute Gasteiger partial charge is 0.396 e. The van der Waals surface area contributed by atoms with Crippen LogP contribution < -0.4 is 16.6 Å². The van der Waals surface area contributed by atoms with Gasteiger partial charge in [0.15, 0.2) is 5.65 Å². The minimum absolute atomic E-state index is 0.0394. The second kappa shape index (κ2) is 9.54. The highest BCUT2D eigenvalue weighted by Crippen LogP contribution is 2.39. The quantitative estimate of drug-likeness (QED) is 0.349. The fraction of sp³-hybridized carbons (Fsp3) is 0.308. The Labute approximate surface area is 205 Å². The van der Waals surface area contributed by atoms with Gasteiger partial charge in [-0.1, -0.05) is 30.3 Å². The first-order valence-electron chi connectivity index (χ1n) is 11.8. The molecule has 1 saturated carbocycles. The van der Waals surface area contributed by atoms with E-state index in [1.807, 2.05) is 12.1 Å². The first kappa shape index (κ1) is 23.7. The molecule has 2 heterocycles. The zero-order chi connectivity index (χ0) is 25.4. The summed E-state index contributed by atoms with van der Waals surface area (Å²) in [6.07, 6.45) is 1.16. The number of H-pyrrole nitrogens is 1. The number of carbonyl (C=O) groups is 1. The smallest absolute Gasteiger partial charge is 0.333 e. The van der Waals surface area contributed by atoms with E-state index >= 15 is 0 Å². The lowest BCUT2D eigenvalue weighted by Crippen LogP contribution is -2.41. The summed E-state index contributed by atoms with van der Waals surface area (Å²) in [6, 6.07) is 13.3. The van der Waals surface area contributed by atoms with E-state index in [1.165, 1.54) is 17.6 Å². The van der Waals surface area contributed by atoms with Gasteiger partial charge in [0.25, 0.3) is 5.56 Å². The molecule has 1 amide bonds. The summed E-state index contributed by atoms with van der Waals surface area (Å²) in [4.78, 5) is 45.6. The van der Waals surface area contributed by atoms with Gasteiger partial charge >= 0.3 is 5.69 Å². The summed E-state index contributed by atoms with van der Waals surface area (Å²) in [5.74, 6) is 0.0617. The summed E-state index contributed by atoms with van der Waals surface area (Å²) in [5.41, 5.74) is 1.11. The van der Waals surface area contributed by atoms with Crippen LogP contribution in [0.4, 0.5) is 10.1 Å². The molecule has 0 saturated heterocycles. The summed E-state index contributed by atoms with van der Waals surface area (Å²) in [6.45, 7) is 1.59. The molecule has 186 valence electrons. The number of hydrogen-bond donors (Lipinski definition) is 3. The Morgan fingerprint density at radius 2 is 1.89 bits per heavy atom. The number of fused-ring (bicyclic) bond motifs is 1. The van der Waals surface area contributed by atoms with E-state index in [9.17, 15) is 23.9 Å². The fourth-order valence-corrected chi connectivity index (χ4v) is 4.49. The molecule has 2 atom stereocenters. The van der Waals surface area contributed by atoms with Gasteiger partial charge in [0, 0.05) is 37.7 Å². The monoisotopic (exact) mass is 491 g/mol. The van der Waals surface area contributed by atoms with Gasteiger partial charge in [-0.05, 0) is 42.0 Å². The van der Waals surface area contributed by atoms with Crippen molar-refractivity contribution >= 4 is 22.8 Å². The van der Waals surface area contributed by atoms with Gasteiger partial charge in [-0.15, -0.1) is 0 Å². The van der Waals surface area contributed by atoms with Gasteiger partial charge in [0.2, 0.25) is 5.91 Å². The number of nitrogens with zero attached hydrogens (tertiary/aromatic N) is 3. The topological polar surface area (TPSA) is 122 Å². The maximum atomic E-state index is 14.3. The Kier molecular flexibility index (Phi) is 6.27. The molecule has 2 aromatic heterocycles. The maximum absolute atomic E-state index is 14.3. The summed E-state index contributed by atoms with van der Waals surface area (Å²) in [7, 11) is 0. The highest BCUT2D eigenvalue weighted by Gasteiger charge is 2.37. The molecule has 1 aliphatic rings. The first-order valence-corrected chi connectivity index (χ1v) is 11.8. The number of benzene rings is 2. The van der Waals surface area contributed by atoms with Gasteiger partial charge < -0.3 is 15.4 Å². The maximum Gasteiger partial charge on any atom is 0.333 e. The van der Waals surface area contributed by atoms with Crippen molar-refractivity contribution in [1.29, 1.82) is 0 Å². The molecule has 2 aromatic carbocycles. The number of imidazole rings is 1. The average Bonchev–Trinajstić information content (AvgIpc) is 3.49. The van der Waals surface area contributed by atoms with E-state index < -0.39 is 17.1 Å². The van der Waals surface area contributed by atoms with Gasteiger partial charge in [0.05, 0.1) is 6.54 Å². The number of rotatable bonds is 8. The third kappa shape index (κ3) is 4.72. The van der Waals surface area contributed by atoms with Crippen LogP contribution in [0.5, 0.6) is 0 Å². The van der Waals surface area contributed by atoms with Crippen molar-refractivity contribution in [3.63, 3.8) is 0 Å². The lowest BCUT2D eigenvalue weighted by molar-refractivity contribution is -0.114. The Hall–Kier alpha value is -4.05. The predicted octanol–water partition coefficient (Wildman–Crippen LogP) is 2.25. The van der Waals surface area contributed by atoms with Crippen molar-refractivity contribution in [2.45, 2.75) is 32.9 Å². The van der Waals surface area contributed by atoms with Crippen LogP contribution in [-0.4, -0.2) is 36.7 Å². The molecule has 0 spiro atoms. The molecule has 10 heteroatoms. The summed E-state index contributed by atoms with van der Waals surface area (Å²) >= 11 is 0. The standard InChI is InChI=1S/C26H26FN5O4/c1-15(34)28-20-8-6-16(7-9-20)10-22-29-23-24(30-22)31(13-18-11-19(18)14-33)26(36)32(25(23)35)12-17-4-2-3-5-21(17)27/h2-9,18-19,33H,10-14H2,1H3,(H,28,34)(H,29,30)/t18?,19-/m0/s1. The molecule has 1 fully saturated rings. The van der Waals surface area contributed by atoms with Gasteiger partial charge in [-0.3, -0.25) is 18.7 Å². The molecule has 4 aromatic rings. The minimum atomic E-state index is -0.566. The minimum Gasteiger partial charge on any atom is -0.396 e. The highest BCUT2D eigenvalue weighted by atomic mass is 19.1. The summed E-state index contributed by atoms with van der Waals surface area (Å²) < 4.78 is 16.8. The van der Waals surface area contributed by atoms with E-state index in [-0.39, 0.29) is 47.6 Å². The number of amides is 1. The second-order valence-corrected chi connectivity index (χ2v) is 9.25. The van der Waals surface area contributed by atoms with E-state index in [1.54, 1.807) is 30.3 Å². The van der Waals surface area contributed by atoms with Crippen molar-refractivity contribution in [1.82, 2.24) is 19.1 Å². The summed E-state index contributed by atoms with van der Waals surface area (Å²) in [5, 5.41) is 12.2. The number of aromatic amines is 1. The Morgan fingerprint density at radius 1 is 1.14 bits per heavy atom. The van der Waals surface area contributed by atoms with Crippen molar-refractivity contribution < 1.29 is 14.3 Å². The molecule has 0 radical (unpaired) electrons. The molecule has 5 rings (SSSR count). The normalized spacial score (nSPS) is 16.9. The lowest BCUT2D eigenvalue weighted by atomic mass is 10.1. The first-order chi connectivity index (χ1) is 17.3. The van der Waals surface area contributed by atoms with Crippen LogP contribution in [0.15, 0.2) is 58.1 Å². The molecule has 3 N–H and O–H groups in total. The Bertz CT molecular complexity index is 1550. The third-order valence-corrected chi connectivity index (χ3v) is 6.56. The average molecular weight is 492 g/mol. The van der Waals surface area contributed by atoms with Crippen LogP contribution in [-0.2, 0) is 24.3 Å². The van der Waals surface area contributed by atoms with E-state index in [2.05, 4.69) is 15.3 Å². The van der Waals surface area contributed by atoms with Crippen LogP contribution in [0, 0.1) is 17.7 Å². The molecule has 1 unspecified atom stereocenters. The van der Waals surface area contributed by atoms with Gasteiger partial charge in [-0.2, -0.15) is 0 Å². The van der Waals surface area contributed by atoms with E-state index in [4.69, 9.17) is 0 Å². The van der Waals surface area contributed by atoms with Crippen LogP contribution in [0.3, 0.4) is 0 Å². The zero-order valence-electron chi connectivity index (χ0n) is 19.7. The number of anilines is 1. The van der Waals surface area contributed by atoms with Gasteiger partial charge in [-0.25, -0.2) is 14.2 Å². The zero-order valence-corrected chi connectivity index (χ0v) is 19.7. The molecule has 0 aliphatic heterocycles. The van der Waals surface area contributed by atoms with Gasteiger partial charge in [0.1, 0.15) is 17.2 Å². The number of hydrogen-bond acceptors (Lipinski definition) is 5. The van der Waals surface area contributed by atoms with Crippen LogP contribution in [0.2, 0.25) is 0 Å². The molecular weight excluding hydrogens is 465 g/mol. The molecule has 36 heavy (non-hydrogen) atoms. The van der Waals surface area contributed by atoms with Crippen LogP contribution in [0.1, 0.15) is 30.3 Å². The van der Waals surface area contributed by atoms with Crippen LogP contribution >= 0.6 is 0 Å². The SMILES string of the molecule is CC(=O)Nc1ccc(Cc2nc3c([nH]2)c(=O)n(Cc2ccccc2F)c(=O)n3CC2C[C@H]2CO)cc1. The number of carbonyl (C=O) groups excluding carboxylic acids is 1. The number of aliphatic hydroxyl groups excluding tert-OH is 1. The number of halogens is 1. The number of aliphatic hydroxyl groups is 1. The number of nitrogens with one attached hydrogen (secondary N) is 2. The highest BCUT2D eigenvalue weighted by molar-refractivity contribution is 5.88. The molecule has 1 aliphatic carbocycles. The van der Waals surface area contributed by atoms with Crippen LogP contribution in [0.25, 0.3) is 11.2 Å². The van der Waals surface area contributed by atoms with Crippen molar-refractivity contribution in [3.8, 4) is 0 Å². The van der Waals surface area contributed by atoms with Crippen molar-refractivity contribution in [2.75, 3.05) is 11.9 Å². The van der Waals surface area contributed by atoms with Crippen molar-refractivity contribution in [3.05, 3.63) is 92.1 Å². The Balaban J connectivity index is 1.54. The lowest BCUT2D eigenvalue weighted by Gasteiger charge is -2.11.